The van der Waals surface area contributed by atoms with E-state index in [1.54, 1.807) is 18.2 Å². The highest BCUT2D eigenvalue weighted by Gasteiger charge is 2.21. The number of benzene rings is 2. The molecule has 5 heteroatoms. The molecule has 1 aliphatic heterocycles. The summed E-state index contributed by atoms with van der Waals surface area (Å²) in [6, 6.07) is 10.6. The molecule has 118 valence electrons. The summed E-state index contributed by atoms with van der Waals surface area (Å²) in [6.07, 6.45) is 0.0575. The molecular weight excluding hydrogens is 299 g/mol. The molecule has 4 nitrogen and oxygen atoms in total. The van der Waals surface area contributed by atoms with E-state index < -0.39 is 5.82 Å². The van der Waals surface area contributed by atoms with Crippen LogP contribution in [-0.2, 0) is 0 Å². The highest BCUT2D eigenvalue weighted by atomic mass is 19.1. The van der Waals surface area contributed by atoms with E-state index in [4.69, 9.17) is 9.47 Å². The van der Waals surface area contributed by atoms with Crippen molar-refractivity contribution >= 4 is 11.6 Å². The molecule has 0 atom stereocenters. The molecule has 2 aromatic rings. The van der Waals surface area contributed by atoms with Crippen LogP contribution in [0, 0.1) is 5.82 Å². The van der Waals surface area contributed by atoms with E-state index in [0.717, 1.165) is 0 Å². The fourth-order valence-electron chi connectivity index (χ4n) is 2.46. The van der Waals surface area contributed by atoms with Crippen molar-refractivity contribution in [3.05, 3.63) is 59.4 Å². The predicted molar refractivity (Wildman–Crippen MR) is 81.7 cm³/mol. The monoisotopic (exact) mass is 314 g/mol. The highest BCUT2D eigenvalue weighted by Crippen LogP contribution is 2.34. The number of rotatable bonds is 5. The lowest BCUT2D eigenvalue weighted by Crippen LogP contribution is -2.18. The van der Waals surface area contributed by atoms with Crippen LogP contribution in [0.3, 0.4) is 0 Å². The number of hydrogen-bond donors (Lipinski definition) is 0. The lowest BCUT2D eigenvalue weighted by atomic mass is 10.0. The summed E-state index contributed by atoms with van der Waals surface area (Å²) in [6.45, 7) is 0.836. The van der Waals surface area contributed by atoms with Gasteiger partial charge >= 0.3 is 0 Å². The van der Waals surface area contributed by atoms with Crippen LogP contribution in [0.1, 0.15) is 33.6 Å². The number of carbonyl (C=O) groups excluding carboxylic acids is 2. The fraction of sp³-hybridized carbons (Fsp3) is 0.222. The highest BCUT2D eigenvalue weighted by molar-refractivity contribution is 6.03. The Labute approximate surface area is 132 Å². The average Bonchev–Trinajstić information content (AvgIpc) is 2.59. The Morgan fingerprint density at radius 2 is 1.70 bits per heavy atom. The average molecular weight is 314 g/mol. The maximum Gasteiger partial charge on any atom is 0.172 e. The van der Waals surface area contributed by atoms with E-state index in [-0.39, 0.29) is 30.0 Å². The Bertz CT molecular complexity index is 754. The lowest BCUT2D eigenvalue weighted by Gasteiger charge is -2.20. The van der Waals surface area contributed by atoms with Crippen molar-refractivity contribution in [2.24, 2.45) is 0 Å². The third-order valence-corrected chi connectivity index (χ3v) is 3.59. The topological polar surface area (TPSA) is 52.6 Å². The number of ether oxygens (including phenoxy) is 2. The van der Waals surface area contributed by atoms with Crippen molar-refractivity contribution in [3.63, 3.8) is 0 Å². The first-order valence-electron chi connectivity index (χ1n) is 7.36. The molecule has 0 radical (unpaired) electrons. The van der Waals surface area contributed by atoms with Crippen LogP contribution >= 0.6 is 0 Å². The summed E-state index contributed by atoms with van der Waals surface area (Å²) in [5.41, 5.74) is 0.682. The molecule has 0 amide bonds. The summed E-state index contributed by atoms with van der Waals surface area (Å²) < 4.78 is 24.1. The van der Waals surface area contributed by atoms with Crippen LogP contribution in [-0.4, -0.2) is 24.8 Å². The van der Waals surface area contributed by atoms with Crippen molar-refractivity contribution in [2.45, 2.75) is 12.8 Å². The van der Waals surface area contributed by atoms with Crippen LogP contribution < -0.4 is 9.47 Å². The normalized spacial score (nSPS) is 12.7. The second-order valence-electron chi connectivity index (χ2n) is 5.19. The van der Waals surface area contributed by atoms with Crippen molar-refractivity contribution in [1.82, 2.24) is 0 Å². The number of ketones is 2. The van der Waals surface area contributed by atoms with E-state index in [9.17, 15) is 14.0 Å². The Morgan fingerprint density at radius 1 is 0.957 bits per heavy atom. The Balaban J connectivity index is 1.69. The quantitative estimate of drug-likeness (QED) is 0.793. The standard InChI is InChI=1S/C18H15FO4/c19-13-4-1-3-12(11-13)15(20)7-8-16(21)14-5-2-6-17-18(14)23-10-9-22-17/h1-6,11H,7-10H2. The zero-order valence-corrected chi connectivity index (χ0v) is 12.4. The summed E-state index contributed by atoms with van der Waals surface area (Å²) in [4.78, 5) is 24.4. The molecule has 0 N–H and O–H groups in total. The van der Waals surface area contributed by atoms with Crippen molar-refractivity contribution in [2.75, 3.05) is 13.2 Å². The zero-order valence-electron chi connectivity index (χ0n) is 12.4. The smallest absolute Gasteiger partial charge is 0.172 e. The molecule has 3 rings (SSSR count). The first kappa shape index (κ1) is 15.2. The molecule has 0 bridgehead atoms. The molecule has 0 saturated carbocycles. The van der Waals surface area contributed by atoms with Gasteiger partial charge in [-0.2, -0.15) is 0 Å². The van der Waals surface area contributed by atoms with Crippen molar-refractivity contribution in [3.8, 4) is 11.5 Å². The predicted octanol–water partition coefficient (Wildman–Crippen LogP) is 3.44. The fourth-order valence-corrected chi connectivity index (χ4v) is 2.46. The maximum atomic E-state index is 13.1. The largest absolute Gasteiger partial charge is 0.486 e. The molecule has 0 fully saturated rings. The van der Waals surface area contributed by atoms with Crippen LogP contribution in [0.2, 0.25) is 0 Å². The third kappa shape index (κ3) is 3.39. The minimum Gasteiger partial charge on any atom is -0.486 e. The van der Waals surface area contributed by atoms with Gasteiger partial charge in [0.25, 0.3) is 0 Å². The van der Waals surface area contributed by atoms with Gasteiger partial charge in [-0.1, -0.05) is 18.2 Å². The van der Waals surface area contributed by atoms with Gasteiger partial charge in [-0.3, -0.25) is 9.59 Å². The number of hydrogen-bond acceptors (Lipinski definition) is 4. The van der Waals surface area contributed by atoms with Crippen molar-refractivity contribution < 1.29 is 23.5 Å². The van der Waals surface area contributed by atoms with Gasteiger partial charge in [0.05, 0.1) is 5.56 Å². The third-order valence-electron chi connectivity index (χ3n) is 3.59. The van der Waals surface area contributed by atoms with Gasteiger partial charge in [-0.25, -0.2) is 4.39 Å². The van der Waals surface area contributed by atoms with E-state index in [2.05, 4.69) is 0 Å². The minimum atomic E-state index is -0.468. The molecular formula is C18H15FO4. The van der Waals surface area contributed by atoms with Gasteiger partial charge in [0.15, 0.2) is 23.1 Å². The molecule has 2 aromatic carbocycles. The van der Waals surface area contributed by atoms with E-state index >= 15 is 0 Å². The number of halogens is 1. The lowest BCUT2D eigenvalue weighted by molar-refractivity contribution is 0.0911. The molecule has 0 aliphatic carbocycles. The van der Waals surface area contributed by atoms with Gasteiger partial charge in [-0.15, -0.1) is 0 Å². The molecule has 1 aliphatic rings. The number of carbonyl (C=O) groups is 2. The minimum absolute atomic E-state index is 0.0206. The van der Waals surface area contributed by atoms with Gasteiger partial charge in [0.1, 0.15) is 19.0 Å². The van der Waals surface area contributed by atoms with Crippen LogP contribution in [0.15, 0.2) is 42.5 Å². The van der Waals surface area contributed by atoms with E-state index in [0.29, 0.717) is 30.3 Å². The van der Waals surface area contributed by atoms with E-state index in [1.807, 2.05) is 0 Å². The summed E-state index contributed by atoms with van der Waals surface area (Å²) in [5, 5.41) is 0. The van der Waals surface area contributed by atoms with Gasteiger partial charge in [0, 0.05) is 18.4 Å². The van der Waals surface area contributed by atoms with Gasteiger partial charge in [0.2, 0.25) is 0 Å². The first-order chi connectivity index (χ1) is 11.1. The number of fused-ring (bicyclic) bond motifs is 1. The first-order valence-corrected chi connectivity index (χ1v) is 7.36. The Hall–Kier alpha value is -2.69. The summed E-state index contributed by atoms with van der Waals surface area (Å²) >= 11 is 0. The van der Waals surface area contributed by atoms with Gasteiger partial charge in [-0.05, 0) is 24.3 Å². The molecule has 0 unspecified atom stereocenters. The zero-order chi connectivity index (χ0) is 16.2. The number of Topliss-reactive ketones (excluding diaryl/α,β-unsaturated/α-hetero) is 2. The van der Waals surface area contributed by atoms with Crippen LogP contribution in [0.4, 0.5) is 4.39 Å². The SMILES string of the molecule is O=C(CCC(=O)c1cccc2c1OCCO2)c1cccc(F)c1. The maximum absolute atomic E-state index is 13.1. The van der Waals surface area contributed by atoms with E-state index in [1.165, 1.54) is 24.3 Å². The molecule has 1 heterocycles. The molecule has 0 spiro atoms. The number of para-hydroxylation sites is 1. The molecule has 23 heavy (non-hydrogen) atoms. The molecule has 0 saturated heterocycles. The second-order valence-corrected chi connectivity index (χ2v) is 5.19. The Morgan fingerprint density at radius 3 is 2.52 bits per heavy atom. The van der Waals surface area contributed by atoms with Crippen LogP contribution in [0.5, 0.6) is 11.5 Å². The molecule has 0 aromatic heterocycles. The summed E-state index contributed by atoms with van der Waals surface area (Å²) in [7, 11) is 0. The summed E-state index contributed by atoms with van der Waals surface area (Å²) in [5.74, 6) is 0.0438. The van der Waals surface area contributed by atoms with Crippen molar-refractivity contribution in [1.29, 1.82) is 0 Å². The second kappa shape index (κ2) is 6.60. The van der Waals surface area contributed by atoms with Gasteiger partial charge < -0.3 is 9.47 Å². The van der Waals surface area contributed by atoms with Crippen LogP contribution in [0.25, 0.3) is 0 Å². The Kier molecular flexibility index (Phi) is 4.37.